The van der Waals surface area contributed by atoms with Gasteiger partial charge in [-0.25, -0.2) is 4.98 Å². The average Bonchev–Trinajstić information content (AvgIpc) is 3.01. The second-order valence-electron chi connectivity index (χ2n) is 4.20. The molecular weight excluding hydrogens is 242 g/mol. The summed E-state index contributed by atoms with van der Waals surface area (Å²) in [6.45, 7) is 1.95. The number of hydrogen-bond acceptors (Lipinski definition) is 5. The van der Waals surface area contributed by atoms with E-state index in [0.29, 0.717) is 5.65 Å². The molecule has 0 bridgehead atoms. The largest absolute Gasteiger partial charge is 0.279 e. The highest BCUT2D eigenvalue weighted by molar-refractivity contribution is 5.77. The van der Waals surface area contributed by atoms with Crippen LogP contribution in [0.15, 0.2) is 36.7 Å². The van der Waals surface area contributed by atoms with E-state index in [2.05, 4.69) is 25.5 Å². The molecule has 0 fully saturated rings. The topological polar surface area (TPSA) is 73.8 Å². The maximum atomic E-state index is 4.53. The number of para-hydroxylation sites is 2. The fourth-order valence-electron chi connectivity index (χ4n) is 2.25. The SMILES string of the molecule is Cc1nc2ccccc2n1-c1cncc2nnnn12. The molecule has 0 N–H and O–H groups in total. The van der Waals surface area contributed by atoms with Gasteiger partial charge >= 0.3 is 0 Å². The van der Waals surface area contributed by atoms with Crippen molar-refractivity contribution in [2.75, 3.05) is 0 Å². The van der Waals surface area contributed by atoms with Gasteiger partial charge in [-0.15, -0.1) is 5.10 Å². The van der Waals surface area contributed by atoms with Crippen molar-refractivity contribution in [1.29, 1.82) is 0 Å². The van der Waals surface area contributed by atoms with Crippen LogP contribution in [0.1, 0.15) is 5.82 Å². The molecule has 7 nitrogen and oxygen atoms in total. The van der Waals surface area contributed by atoms with Gasteiger partial charge in [0.1, 0.15) is 5.82 Å². The molecular formula is C12H9N7. The Morgan fingerprint density at radius 3 is 2.95 bits per heavy atom. The number of imidazole rings is 1. The van der Waals surface area contributed by atoms with Crippen LogP contribution in [0.2, 0.25) is 0 Å². The van der Waals surface area contributed by atoms with Crippen LogP contribution in [0, 0.1) is 6.92 Å². The van der Waals surface area contributed by atoms with E-state index in [1.807, 2.05) is 35.8 Å². The fraction of sp³-hybridized carbons (Fsp3) is 0.0833. The fourth-order valence-corrected chi connectivity index (χ4v) is 2.25. The molecule has 19 heavy (non-hydrogen) atoms. The number of hydrogen-bond donors (Lipinski definition) is 0. The first-order valence-electron chi connectivity index (χ1n) is 5.81. The molecule has 3 heterocycles. The Morgan fingerprint density at radius 2 is 2.00 bits per heavy atom. The van der Waals surface area contributed by atoms with Gasteiger partial charge in [-0.3, -0.25) is 9.55 Å². The number of rotatable bonds is 1. The minimum atomic E-state index is 0.606. The van der Waals surface area contributed by atoms with Gasteiger partial charge in [-0.05, 0) is 29.5 Å². The lowest BCUT2D eigenvalue weighted by molar-refractivity contribution is 0.782. The average molecular weight is 251 g/mol. The number of tetrazole rings is 1. The lowest BCUT2D eigenvalue weighted by Gasteiger charge is -2.06. The van der Waals surface area contributed by atoms with E-state index < -0.39 is 0 Å². The molecule has 0 saturated heterocycles. The minimum Gasteiger partial charge on any atom is -0.279 e. The zero-order chi connectivity index (χ0) is 12.8. The Hall–Kier alpha value is -2.83. The summed E-state index contributed by atoms with van der Waals surface area (Å²) in [6, 6.07) is 7.94. The second kappa shape index (κ2) is 3.58. The molecule has 3 aromatic heterocycles. The molecule has 0 aliphatic heterocycles. The smallest absolute Gasteiger partial charge is 0.199 e. The molecule has 0 atom stereocenters. The predicted molar refractivity (Wildman–Crippen MR) is 67.9 cm³/mol. The van der Waals surface area contributed by atoms with E-state index in [-0.39, 0.29) is 0 Å². The maximum absolute atomic E-state index is 4.53. The van der Waals surface area contributed by atoms with Crippen LogP contribution in [0.4, 0.5) is 0 Å². The molecule has 1 aromatic carbocycles. The summed E-state index contributed by atoms with van der Waals surface area (Å²) in [5.74, 6) is 1.64. The Kier molecular flexibility index (Phi) is 1.91. The summed E-state index contributed by atoms with van der Waals surface area (Å²) in [6.07, 6.45) is 3.35. The third kappa shape index (κ3) is 1.35. The maximum Gasteiger partial charge on any atom is 0.199 e. The quantitative estimate of drug-likeness (QED) is 0.507. The number of benzene rings is 1. The summed E-state index contributed by atoms with van der Waals surface area (Å²) in [5, 5.41) is 11.6. The summed E-state index contributed by atoms with van der Waals surface area (Å²) in [4.78, 5) is 8.71. The highest BCUT2D eigenvalue weighted by Gasteiger charge is 2.12. The van der Waals surface area contributed by atoms with E-state index >= 15 is 0 Å². The van der Waals surface area contributed by atoms with E-state index in [0.717, 1.165) is 22.7 Å². The van der Waals surface area contributed by atoms with Gasteiger partial charge in [-0.2, -0.15) is 4.52 Å². The van der Waals surface area contributed by atoms with Gasteiger partial charge in [0.25, 0.3) is 0 Å². The van der Waals surface area contributed by atoms with Crippen LogP contribution in [-0.2, 0) is 0 Å². The lowest BCUT2D eigenvalue weighted by Crippen LogP contribution is -2.06. The molecule has 4 rings (SSSR count). The molecule has 0 aliphatic rings. The van der Waals surface area contributed by atoms with Crippen molar-refractivity contribution < 1.29 is 0 Å². The van der Waals surface area contributed by atoms with E-state index in [1.54, 1.807) is 16.9 Å². The first kappa shape index (κ1) is 10.1. The summed E-state index contributed by atoms with van der Waals surface area (Å²) in [5.41, 5.74) is 2.55. The summed E-state index contributed by atoms with van der Waals surface area (Å²) in [7, 11) is 0. The van der Waals surface area contributed by atoms with E-state index in [1.165, 1.54) is 0 Å². The van der Waals surface area contributed by atoms with Crippen LogP contribution < -0.4 is 0 Å². The van der Waals surface area contributed by atoms with Crippen molar-refractivity contribution >= 4 is 16.7 Å². The normalized spacial score (nSPS) is 11.4. The second-order valence-corrected chi connectivity index (χ2v) is 4.20. The van der Waals surface area contributed by atoms with Crippen LogP contribution >= 0.6 is 0 Å². The minimum absolute atomic E-state index is 0.606. The Balaban J connectivity index is 2.15. The number of aromatic nitrogens is 7. The highest BCUT2D eigenvalue weighted by atomic mass is 15.5. The zero-order valence-corrected chi connectivity index (χ0v) is 10.1. The first-order valence-corrected chi connectivity index (χ1v) is 5.81. The van der Waals surface area contributed by atoms with E-state index in [9.17, 15) is 0 Å². The van der Waals surface area contributed by atoms with Crippen molar-refractivity contribution in [2.45, 2.75) is 6.92 Å². The molecule has 0 saturated carbocycles. The molecule has 0 spiro atoms. The van der Waals surface area contributed by atoms with Crippen molar-refractivity contribution in [3.05, 3.63) is 42.5 Å². The highest BCUT2D eigenvalue weighted by Crippen LogP contribution is 2.20. The van der Waals surface area contributed by atoms with E-state index in [4.69, 9.17) is 0 Å². The summed E-state index contributed by atoms with van der Waals surface area (Å²) >= 11 is 0. The number of fused-ring (bicyclic) bond motifs is 2. The molecule has 0 amide bonds. The van der Waals surface area contributed by atoms with Gasteiger partial charge in [0.05, 0.1) is 23.4 Å². The molecule has 92 valence electrons. The summed E-state index contributed by atoms with van der Waals surface area (Å²) < 4.78 is 3.64. The number of aryl methyl sites for hydroxylation is 1. The standard InChI is InChI=1S/C12H9N7/c1-8-14-9-4-2-3-5-10(9)18(8)12-7-13-6-11-15-16-17-19(11)12/h2-7H,1H3. The third-order valence-corrected chi connectivity index (χ3v) is 3.05. The van der Waals surface area contributed by atoms with Crippen LogP contribution in [0.25, 0.3) is 22.5 Å². The monoisotopic (exact) mass is 251 g/mol. The van der Waals surface area contributed by atoms with Gasteiger partial charge in [0, 0.05) is 0 Å². The Morgan fingerprint density at radius 1 is 1.11 bits per heavy atom. The van der Waals surface area contributed by atoms with Gasteiger partial charge in [-0.1, -0.05) is 12.1 Å². The molecule has 4 aromatic rings. The van der Waals surface area contributed by atoms with Gasteiger partial charge < -0.3 is 0 Å². The lowest BCUT2D eigenvalue weighted by atomic mass is 10.3. The van der Waals surface area contributed by atoms with Crippen molar-refractivity contribution in [3.63, 3.8) is 0 Å². The van der Waals surface area contributed by atoms with Crippen molar-refractivity contribution in [2.24, 2.45) is 0 Å². The van der Waals surface area contributed by atoms with Crippen LogP contribution in [-0.4, -0.2) is 34.6 Å². The molecule has 0 unspecified atom stereocenters. The molecule has 0 aliphatic carbocycles. The van der Waals surface area contributed by atoms with Crippen molar-refractivity contribution in [1.82, 2.24) is 34.6 Å². The Labute approximate surface area is 107 Å². The predicted octanol–water partition coefficient (Wildman–Crippen LogP) is 1.17. The molecule has 7 heteroatoms. The Bertz CT molecular complexity index is 889. The van der Waals surface area contributed by atoms with Gasteiger partial charge in [0.15, 0.2) is 11.5 Å². The third-order valence-electron chi connectivity index (χ3n) is 3.05. The van der Waals surface area contributed by atoms with Crippen molar-refractivity contribution in [3.8, 4) is 5.82 Å². The van der Waals surface area contributed by atoms with Crippen LogP contribution in [0.5, 0.6) is 0 Å². The van der Waals surface area contributed by atoms with Crippen LogP contribution in [0.3, 0.4) is 0 Å². The number of nitrogens with zero attached hydrogens (tertiary/aromatic N) is 7. The zero-order valence-electron chi connectivity index (χ0n) is 10.1. The van der Waals surface area contributed by atoms with Gasteiger partial charge in [0.2, 0.25) is 0 Å². The molecule has 0 radical (unpaired) electrons. The first-order chi connectivity index (χ1) is 9.34.